The van der Waals surface area contributed by atoms with E-state index in [0.717, 1.165) is 0 Å². The molecule has 0 radical (unpaired) electrons. The molecule has 12 heavy (non-hydrogen) atoms. The molecule has 0 aliphatic carbocycles. The van der Waals surface area contributed by atoms with Gasteiger partial charge in [0.2, 0.25) is 20.8 Å². The van der Waals surface area contributed by atoms with Crippen LogP contribution in [0.25, 0.3) is 0 Å². The summed E-state index contributed by atoms with van der Waals surface area (Å²) in [5.41, 5.74) is 0. The van der Waals surface area contributed by atoms with E-state index in [1.807, 2.05) is 0 Å². The Hall–Kier alpha value is 0.362. The Bertz CT molecular complexity index is 257. The van der Waals surface area contributed by atoms with Crippen LogP contribution in [-0.2, 0) is 42.9 Å². The molecule has 9 nitrogen and oxygen atoms in total. The molecular weight excluding hydrogens is 311 g/mol. The molecule has 0 atom stereocenters. The van der Waals surface area contributed by atoms with Crippen LogP contribution < -0.4 is 8.73 Å². The minimum absolute atomic E-state index is 0.0500. The van der Waals surface area contributed by atoms with E-state index in [9.17, 15) is 25.9 Å². The Kier molecular flexibility index (Phi) is 7.33. The summed E-state index contributed by atoms with van der Waals surface area (Å²) in [6.45, 7) is 0. The van der Waals surface area contributed by atoms with Crippen LogP contribution in [0.2, 0.25) is 0 Å². The molecule has 0 aromatic rings. The van der Waals surface area contributed by atoms with Crippen LogP contribution in [0, 0.1) is 0 Å². The summed E-state index contributed by atoms with van der Waals surface area (Å²) in [7, 11) is -10.9. The first-order valence-electron chi connectivity index (χ1n) is 1.70. The summed E-state index contributed by atoms with van der Waals surface area (Å²) >= 11 is -0.0500. The van der Waals surface area contributed by atoms with E-state index in [1.165, 1.54) is 0 Å². The quantitative estimate of drug-likeness (QED) is 0.301. The number of hydrogen-bond donors (Lipinski definition) is 2. The number of nitrogens with two attached hydrogens (primary N) is 2. The molecule has 0 bridgehead atoms. The van der Waals surface area contributed by atoms with Crippen molar-refractivity contribution >= 4 is 20.8 Å². The van der Waals surface area contributed by atoms with Crippen molar-refractivity contribution in [2.24, 2.45) is 8.73 Å². The predicted octanol–water partition coefficient (Wildman–Crippen LogP) is -3.26. The minimum atomic E-state index is -5.43. The van der Waals surface area contributed by atoms with Crippen LogP contribution in [0.5, 0.6) is 0 Å². The second-order valence-electron chi connectivity index (χ2n) is 0.990. The van der Waals surface area contributed by atoms with Crippen LogP contribution in [-0.4, -0.2) is 25.9 Å². The first-order chi connectivity index (χ1) is 5.12. The summed E-state index contributed by atoms with van der Waals surface area (Å²) in [5.74, 6) is 0. The molecule has 4 N–H and O–H groups in total. The Balaban J connectivity index is 0. The van der Waals surface area contributed by atoms with Gasteiger partial charge in [-0.05, 0) is 0 Å². The molecular formula is H4N2O7PdS2. The average molecular weight is 315 g/mol. The molecule has 0 amide bonds. The van der Waals surface area contributed by atoms with Gasteiger partial charge in [-0.3, -0.25) is 0 Å². The Morgan fingerprint density at radius 1 is 1.00 bits per heavy atom. The molecule has 0 rings (SSSR count). The van der Waals surface area contributed by atoms with Crippen LogP contribution >= 0.6 is 0 Å². The van der Waals surface area contributed by atoms with E-state index in [-0.39, 0.29) is 18.5 Å². The van der Waals surface area contributed by atoms with Crippen molar-refractivity contribution in [2.45, 2.75) is 0 Å². The van der Waals surface area contributed by atoms with E-state index in [4.69, 9.17) is 0 Å². The zero-order valence-corrected chi connectivity index (χ0v) is 8.33. The summed E-state index contributed by atoms with van der Waals surface area (Å²) in [4.78, 5) is 0. The van der Waals surface area contributed by atoms with Crippen molar-refractivity contribution in [3.05, 3.63) is 0 Å². The van der Waals surface area contributed by atoms with Gasteiger partial charge >= 0.3 is 27.2 Å². The fourth-order valence-electron chi connectivity index (χ4n) is 0.102. The molecule has 0 aromatic carbocycles. The molecule has 0 saturated carbocycles. The fraction of sp³-hybridized carbons (Fsp3) is 0. The molecule has 0 heterocycles. The molecule has 12 heteroatoms. The molecule has 0 spiro atoms. The molecule has 78 valence electrons. The molecule has 0 saturated heterocycles. The van der Waals surface area contributed by atoms with Crippen molar-refractivity contribution in [1.82, 2.24) is 0 Å². The Morgan fingerprint density at radius 2 is 1.17 bits per heavy atom. The van der Waals surface area contributed by atoms with Gasteiger partial charge < -0.3 is 9.11 Å². The first-order valence-corrected chi connectivity index (χ1v) is 6.16. The van der Waals surface area contributed by atoms with Gasteiger partial charge in [0.15, 0.2) is 0 Å². The molecule has 0 unspecified atom stereocenters. The predicted molar refractivity (Wildman–Crippen MR) is 28.9 cm³/mol. The second kappa shape index (κ2) is 5.91. The van der Waals surface area contributed by atoms with Gasteiger partial charge in [0, 0.05) is 0 Å². The topological polar surface area (TPSA) is 176 Å². The Morgan fingerprint density at radius 3 is 1.17 bits per heavy atom. The maximum absolute atomic E-state index is 9.29. The summed E-state index contributed by atoms with van der Waals surface area (Å²) in [6, 6.07) is 0. The standard InChI is InChI=1S/2H2N.H2O7S2.Pd/c;;1-8(2,3)7-9(4,5)6;/h2*1H2;(H,1,2,3)(H,4,5,6);/q2*-1;;+4/p-2. The summed E-state index contributed by atoms with van der Waals surface area (Å²) in [5, 5.41) is 0. The SMILES string of the molecule is O=S(=O)([O-])OS(=O)(=O)[O-].[NH2][Pd+2][NH2]. The molecule has 0 aromatic heterocycles. The van der Waals surface area contributed by atoms with E-state index in [0.29, 0.717) is 0 Å². The van der Waals surface area contributed by atoms with Crippen LogP contribution in [0.15, 0.2) is 0 Å². The van der Waals surface area contributed by atoms with E-state index >= 15 is 0 Å². The Labute approximate surface area is 77.7 Å². The van der Waals surface area contributed by atoms with Crippen molar-refractivity contribution < 1.29 is 48.0 Å². The molecule has 0 aliphatic heterocycles. The fourth-order valence-corrected chi connectivity index (χ4v) is 0.919. The second-order valence-corrected chi connectivity index (χ2v) is 3.69. The van der Waals surface area contributed by atoms with Gasteiger partial charge in [-0.1, -0.05) is 0 Å². The summed E-state index contributed by atoms with van der Waals surface area (Å²) < 4.78 is 67.5. The van der Waals surface area contributed by atoms with Crippen molar-refractivity contribution in [2.75, 3.05) is 0 Å². The summed E-state index contributed by atoms with van der Waals surface area (Å²) in [6.07, 6.45) is 0. The van der Waals surface area contributed by atoms with Crippen LogP contribution in [0.1, 0.15) is 0 Å². The maximum atomic E-state index is 9.29. The van der Waals surface area contributed by atoms with Gasteiger partial charge in [0.25, 0.3) is 0 Å². The van der Waals surface area contributed by atoms with Crippen molar-refractivity contribution in [1.29, 1.82) is 0 Å². The van der Waals surface area contributed by atoms with Gasteiger partial charge in [-0.2, -0.15) is 3.63 Å². The van der Waals surface area contributed by atoms with Crippen molar-refractivity contribution in [3.8, 4) is 0 Å². The van der Waals surface area contributed by atoms with E-state index < -0.39 is 20.8 Å². The molecule has 0 aliphatic rings. The number of hydrogen-bond acceptors (Lipinski definition) is 9. The van der Waals surface area contributed by atoms with E-state index in [2.05, 4.69) is 12.4 Å². The zero-order valence-electron chi connectivity index (χ0n) is 5.15. The van der Waals surface area contributed by atoms with Crippen molar-refractivity contribution in [3.63, 3.8) is 0 Å². The third-order valence-corrected chi connectivity index (χ3v) is 1.50. The third-order valence-electron chi connectivity index (χ3n) is 0.167. The number of rotatable bonds is 2. The van der Waals surface area contributed by atoms with E-state index in [1.54, 1.807) is 0 Å². The normalized spacial score (nSPS) is 12.0. The monoisotopic (exact) mass is 314 g/mol. The van der Waals surface area contributed by atoms with Gasteiger partial charge in [0.1, 0.15) is 0 Å². The van der Waals surface area contributed by atoms with Gasteiger partial charge in [-0.25, -0.2) is 16.8 Å². The van der Waals surface area contributed by atoms with Crippen LogP contribution in [0.4, 0.5) is 0 Å². The van der Waals surface area contributed by atoms with Gasteiger partial charge in [-0.15, -0.1) is 0 Å². The first kappa shape index (κ1) is 14.9. The average Bonchev–Trinajstić information content (AvgIpc) is 1.53. The van der Waals surface area contributed by atoms with Crippen LogP contribution in [0.3, 0.4) is 0 Å². The third kappa shape index (κ3) is 22.4. The van der Waals surface area contributed by atoms with Gasteiger partial charge in [0.05, 0.1) is 0 Å². The zero-order chi connectivity index (χ0) is 10.4. The molecule has 0 fully saturated rings.